The standard InChI is InChI=1S/C57H59N3/c1-54(2,3)39-21-17-35(18-22-39)37-29-38(36-19-23-40(24-20-36)55(4,5)6)31-43(30-37)60-51-16-14-13-15-44(51)45-26-28-50(59-53(45)60)48-34-42(57(10,11)12)33-47-46-32-41(56(7,8)9)25-27-49(46)58-52(47)48/h13-34,58H,1-12H3. The first-order valence-electron chi connectivity index (χ1n) is 21.6. The predicted octanol–water partition coefficient (Wildman–Crippen LogP) is 16.0. The van der Waals surface area contributed by atoms with Crippen molar-refractivity contribution in [3.8, 4) is 39.2 Å². The van der Waals surface area contributed by atoms with Gasteiger partial charge in [0.05, 0.1) is 16.7 Å². The Balaban J connectivity index is 1.30. The highest BCUT2D eigenvalue weighted by Crippen LogP contribution is 2.41. The van der Waals surface area contributed by atoms with E-state index in [1.165, 1.54) is 60.7 Å². The van der Waals surface area contributed by atoms with E-state index in [4.69, 9.17) is 4.98 Å². The summed E-state index contributed by atoms with van der Waals surface area (Å²) in [5.41, 5.74) is 17.7. The molecule has 302 valence electrons. The van der Waals surface area contributed by atoms with Crippen molar-refractivity contribution in [1.82, 2.24) is 14.5 Å². The number of benzene rings is 6. The molecule has 0 unspecified atom stereocenters. The number of rotatable bonds is 4. The predicted molar refractivity (Wildman–Crippen MR) is 259 cm³/mol. The largest absolute Gasteiger partial charge is 0.354 e. The average Bonchev–Trinajstić information content (AvgIpc) is 3.74. The van der Waals surface area contributed by atoms with Crippen LogP contribution in [0.5, 0.6) is 0 Å². The van der Waals surface area contributed by atoms with E-state index in [0.29, 0.717) is 0 Å². The summed E-state index contributed by atoms with van der Waals surface area (Å²) in [4.78, 5) is 9.54. The summed E-state index contributed by atoms with van der Waals surface area (Å²) >= 11 is 0. The molecule has 0 fully saturated rings. The van der Waals surface area contributed by atoms with Gasteiger partial charge in [-0.1, -0.05) is 156 Å². The number of pyridine rings is 1. The first-order chi connectivity index (χ1) is 28.2. The van der Waals surface area contributed by atoms with Crippen molar-refractivity contribution in [2.45, 2.75) is 105 Å². The number of hydrogen-bond acceptors (Lipinski definition) is 1. The molecule has 0 amide bonds. The summed E-state index contributed by atoms with van der Waals surface area (Å²) in [5, 5.41) is 4.83. The van der Waals surface area contributed by atoms with Crippen molar-refractivity contribution < 1.29 is 0 Å². The summed E-state index contributed by atoms with van der Waals surface area (Å²) in [6, 6.07) is 50.3. The number of nitrogens with one attached hydrogen (secondary N) is 1. The van der Waals surface area contributed by atoms with E-state index in [-0.39, 0.29) is 21.7 Å². The number of aromatic amines is 1. The van der Waals surface area contributed by atoms with Crippen LogP contribution >= 0.6 is 0 Å². The van der Waals surface area contributed by atoms with Crippen molar-refractivity contribution in [1.29, 1.82) is 0 Å². The lowest BCUT2D eigenvalue weighted by Gasteiger charge is -2.21. The fourth-order valence-electron chi connectivity index (χ4n) is 8.75. The molecule has 0 bridgehead atoms. The Hall–Kier alpha value is -5.93. The van der Waals surface area contributed by atoms with Gasteiger partial charge in [-0.05, 0) is 127 Å². The second-order valence-electron chi connectivity index (χ2n) is 21.2. The number of fused-ring (bicyclic) bond motifs is 6. The lowest BCUT2D eigenvalue weighted by atomic mass is 9.84. The van der Waals surface area contributed by atoms with Crippen LogP contribution in [-0.2, 0) is 21.7 Å². The minimum Gasteiger partial charge on any atom is -0.354 e. The maximum atomic E-state index is 5.68. The van der Waals surface area contributed by atoms with Gasteiger partial charge in [0.1, 0.15) is 5.65 Å². The number of H-pyrrole nitrogens is 1. The maximum Gasteiger partial charge on any atom is 0.146 e. The van der Waals surface area contributed by atoms with Crippen molar-refractivity contribution in [3.05, 3.63) is 156 Å². The summed E-state index contributed by atoms with van der Waals surface area (Å²) in [6.45, 7) is 27.4. The molecule has 3 nitrogen and oxygen atoms in total. The molecular weight excluding hydrogens is 727 g/mol. The summed E-state index contributed by atoms with van der Waals surface area (Å²) in [6.07, 6.45) is 0. The topological polar surface area (TPSA) is 33.6 Å². The second-order valence-corrected chi connectivity index (χ2v) is 21.2. The van der Waals surface area contributed by atoms with Crippen LogP contribution in [0.15, 0.2) is 133 Å². The fourth-order valence-corrected chi connectivity index (χ4v) is 8.75. The lowest BCUT2D eigenvalue weighted by Crippen LogP contribution is -2.11. The zero-order valence-electron chi connectivity index (χ0n) is 37.6. The highest BCUT2D eigenvalue weighted by atomic mass is 15.0. The third kappa shape index (κ3) is 7.02. The second kappa shape index (κ2) is 13.8. The molecule has 3 heteroatoms. The van der Waals surface area contributed by atoms with E-state index >= 15 is 0 Å². The van der Waals surface area contributed by atoms with Crippen LogP contribution in [0.3, 0.4) is 0 Å². The SMILES string of the molecule is CC(C)(C)c1ccc(-c2cc(-c3ccc(C(C)(C)C)cc3)cc(-n3c4ccccc4c4ccc(-c5cc(C(C)(C)C)cc6c5[nH]c5ccc(C(C)(C)C)cc56)nc43)c2)cc1. The first kappa shape index (κ1) is 39.5. The summed E-state index contributed by atoms with van der Waals surface area (Å²) < 4.78 is 2.39. The Morgan fingerprint density at radius 1 is 0.417 bits per heavy atom. The van der Waals surface area contributed by atoms with E-state index in [2.05, 4.69) is 226 Å². The monoisotopic (exact) mass is 785 g/mol. The van der Waals surface area contributed by atoms with Crippen LogP contribution in [-0.4, -0.2) is 14.5 Å². The molecule has 6 aromatic carbocycles. The Kier molecular flexibility index (Phi) is 9.10. The van der Waals surface area contributed by atoms with Gasteiger partial charge in [0.25, 0.3) is 0 Å². The number of aromatic nitrogens is 3. The normalized spacial score (nSPS) is 13.0. The molecule has 0 saturated heterocycles. The van der Waals surface area contributed by atoms with Gasteiger partial charge in [0.15, 0.2) is 0 Å². The lowest BCUT2D eigenvalue weighted by molar-refractivity contribution is 0.590. The molecule has 0 atom stereocenters. The smallest absolute Gasteiger partial charge is 0.146 e. The number of hydrogen-bond donors (Lipinski definition) is 1. The van der Waals surface area contributed by atoms with E-state index < -0.39 is 0 Å². The molecule has 0 aliphatic carbocycles. The molecule has 1 N–H and O–H groups in total. The molecule has 0 aliphatic rings. The molecule has 0 spiro atoms. The van der Waals surface area contributed by atoms with E-state index in [0.717, 1.165) is 44.5 Å². The van der Waals surface area contributed by atoms with Crippen LogP contribution in [0.25, 0.3) is 82.9 Å². The van der Waals surface area contributed by atoms with Gasteiger partial charge >= 0.3 is 0 Å². The Morgan fingerprint density at radius 3 is 1.52 bits per heavy atom. The molecule has 60 heavy (non-hydrogen) atoms. The van der Waals surface area contributed by atoms with Gasteiger partial charge in [0, 0.05) is 38.3 Å². The zero-order valence-corrected chi connectivity index (χ0v) is 37.6. The van der Waals surface area contributed by atoms with E-state index in [1.54, 1.807) is 0 Å². The van der Waals surface area contributed by atoms with Crippen LogP contribution < -0.4 is 0 Å². The van der Waals surface area contributed by atoms with Crippen LogP contribution in [0.2, 0.25) is 0 Å². The first-order valence-corrected chi connectivity index (χ1v) is 21.6. The number of nitrogens with zero attached hydrogens (tertiary/aromatic N) is 2. The molecule has 9 aromatic rings. The van der Waals surface area contributed by atoms with Crippen LogP contribution in [0.4, 0.5) is 0 Å². The van der Waals surface area contributed by atoms with Crippen molar-refractivity contribution in [3.63, 3.8) is 0 Å². The zero-order chi connectivity index (χ0) is 42.5. The molecular formula is C57H59N3. The van der Waals surface area contributed by atoms with Gasteiger partial charge in [-0.2, -0.15) is 0 Å². The minimum absolute atomic E-state index is 0.0468. The molecule has 0 aliphatic heterocycles. The van der Waals surface area contributed by atoms with Gasteiger partial charge in [-0.15, -0.1) is 0 Å². The van der Waals surface area contributed by atoms with E-state index in [1.807, 2.05) is 0 Å². The average molecular weight is 786 g/mol. The quantitative estimate of drug-likeness (QED) is 0.189. The third-order valence-electron chi connectivity index (χ3n) is 12.6. The summed E-state index contributed by atoms with van der Waals surface area (Å²) in [7, 11) is 0. The Labute approximate surface area is 356 Å². The molecule has 3 aromatic heterocycles. The van der Waals surface area contributed by atoms with Gasteiger partial charge in [-0.25, -0.2) is 4.98 Å². The van der Waals surface area contributed by atoms with Gasteiger partial charge in [0.2, 0.25) is 0 Å². The Morgan fingerprint density at radius 2 is 0.950 bits per heavy atom. The molecule has 3 heterocycles. The van der Waals surface area contributed by atoms with E-state index in [9.17, 15) is 0 Å². The highest BCUT2D eigenvalue weighted by molar-refractivity contribution is 6.13. The van der Waals surface area contributed by atoms with Crippen LogP contribution in [0.1, 0.15) is 105 Å². The molecule has 0 saturated carbocycles. The Bertz CT molecular complexity index is 3010. The number of para-hydroxylation sites is 1. The molecule has 0 radical (unpaired) electrons. The third-order valence-corrected chi connectivity index (χ3v) is 12.6. The minimum atomic E-state index is -0.0554. The fraction of sp³-hybridized carbons (Fsp3) is 0.281. The van der Waals surface area contributed by atoms with Crippen molar-refractivity contribution in [2.24, 2.45) is 0 Å². The van der Waals surface area contributed by atoms with Gasteiger partial charge < -0.3 is 4.98 Å². The maximum absolute atomic E-state index is 5.68. The van der Waals surface area contributed by atoms with Crippen LogP contribution in [0, 0.1) is 0 Å². The molecule has 9 rings (SSSR count). The summed E-state index contributed by atoms with van der Waals surface area (Å²) in [5.74, 6) is 0. The van der Waals surface area contributed by atoms with Crippen molar-refractivity contribution in [2.75, 3.05) is 0 Å². The van der Waals surface area contributed by atoms with Gasteiger partial charge in [-0.3, -0.25) is 4.57 Å². The highest BCUT2D eigenvalue weighted by Gasteiger charge is 2.24. The van der Waals surface area contributed by atoms with Crippen molar-refractivity contribution >= 4 is 43.7 Å².